The highest BCUT2D eigenvalue weighted by atomic mass is 16.3. The average Bonchev–Trinajstić information content (AvgIpc) is 3.98. The predicted octanol–water partition coefficient (Wildman–Crippen LogP) is 19.9. The second-order valence-electron chi connectivity index (χ2n) is 21.9. The molecule has 12 aromatic carbocycles. The summed E-state index contributed by atoms with van der Waals surface area (Å²) in [5.74, 6) is 1.65. The van der Waals surface area contributed by atoms with Gasteiger partial charge < -0.3 is 27.0 Å². The Bertz CT molecular complexity index is 5430. The van der Waals surface area contributed by atoms with Gasteiger partial charge in [-0.05, 0) is 109 Å². The molecule has 0 fully saturated rings. The Morgan fingerprint density at radius 1 is 0.202 bits per heavy atom. The first-order valence-electron chi connectivity index (χ1n) is 28.2. The summed E-state index contributed by atoms with van der Waals surface area (Å²) < 4.78 is 26.4. The minimum Gasteiger partial charge on any atom is -0.456 e. The van der Waals surface area contributed by atoms with Crippen molar-refractivity contribution < 1.29 is 13.3 Å². The summed E-state index contributed by atoms with van der Waals surface area (Å²) in [5, 5.41) is 13.2. The molecule has 7 heterocycles. The van der Waals surface area contributed by atoms with Crippen LogP contribution in [0.4, 0.5) is 0 Å². The molecule has 19 aromatic rings. The molecule has 0 unspecified atom stereocenters. The molecule has 0 spiro atoms. The van der Waals surface area contributed by atoms with Gasteiger partial charge in [0.1, 0.15) is 33.5 Å². The predicted molar refractivity (Wildman–Crippen MR) is 341 cm³/mol. The number of fused-ring (bicyclic) bond motifs is 18. The van der Waals surface area contributed by atoms with Gasteiger partial charge >= 0.3 is 0 Å². The third-order valence-corrected chi connectivity index (χ3v) is 17.2. The van der Waals surface area contributed by atoms with E-state index in [1.54, 1.807) is 0 Å². The van der Waals surface area contributed by atoms with Gasteiger partial charge in [0.05, 0.1) is 33.1 Å². The number of furan rings is 3. The number of para-hydroxylation sites is 6. The zero-order chi connectivity index (χ0) is 54.7. The van der Waals surface area contributed by atoms with Crippen molar-refractivity contribution in [2.45, 2.75) is 0 Å². The van der Waals surface area contributed by atoms with Crippen molar-refractivity contribution in [3.63, 3.8) is 0 Å². The van der Waals surface area contributed by atoms with Crippen LogP contribution in [0, 0.1) is 0 Å². The Kier molecular flexibility index (Phi) is 9.15. The first-order chi connectivity index (χ1) is 41.6. The molecule has 0 radical (unpaired) electrons. The van der Waals surface area contributed by atoms with E-state index in [1.165, 1.54) is 0 Å². The number of nitrogens with zero attached hydrogens (tertiary/aromatic N) is 6. The maximum Gasteiger partial charge on any atom is 0.164 e. The van der Waals surface area contributed by atoms with Crippen LogP contribution in [0.2, 0.25) is 0 Å². The minimum atomic E-state index is 0.550. The van der Waals surface area contributed by atoms with E-state index in [1.807, 2.05) is 36.4 Å². The van der Waals surface area contributed by atoms with Crippen LogP contribution >= 0.6 is 0 Å². The molecule has 0 atom stereocenters. The molecule has 19 rings (SSSR count). The van der Waals surface area contributed by atoms with Crippen molar-refractivity contribution in [3.8, 4) is 51.2 Å². The monoisotopic (exact) mass is 1070 g/mol. The van der Waals surface area contributed by atoms with Crippen LogP contribution in [-0.2, 0) is 0 Å². The van der Waals surface area contributed by atoms with E-state index in [0.29, 0.717) is 17.5 Å². The first kappa shape index (κ1) is 45.2. The molecule has 9 heteroatoms. The van der Waals surface area contributed by atoms with E-state index in [-0.39, 0.29) is 0 Å². The Morgan fingerprint density at radius 3 is 0.810 bits per heavy atom. The lowest BCUT2D eigenvalue weighted by Gasteiger charge is -2.13. The van der Waals surface area contributed by atoms with Gasteiger partial charge in [-0.1, -0.05) is 146 Å². The lowest BCUT2D eigenvalue weighted by atomic mass is 10.1. The SMILES string of the molecule is c1cc(-c2nc(-c3cccc(-n4c5ccccc5c5cc6oc7ccccc7c6cc54)c3)nc(-c3cccc(-n4c5ccccc5c5cc6oc7ccccc7c6cc54)c3)n2)cc(-n2c3ccccc3c3cc4oc5ccccc5c4cc32)c1. The van der Waals surface area contributed by atoms with Crippen molar-refractivity contribution in [1.82, 2.24) is 28.7 Å². The Morgan fingerprint density at radius 2 is 0.488 bits per heavy atom. The summed E-state index contributed by atoms with van der Waals surface area (Å²) in [6, 6.07) is 89.7. The fourth-order valence-corrected chi connectivity index (χ4v) is 13.5. The van der Waals surface area contributed by atoms with Gasteiger partial charge in [0.15, 0.2) is 17.5 Å². The molecule has 0 saturated heterocycles. The van der Waals surface area contributed by atoms with Crippen LogP contribution in [0.3, 0.4) is 0 Å². The van der Waals surface area contributed by atoms with Crippen LogP contribution in [-0.4, -0.2) is 28.7 Å². The third kappa shape index (κ3) is 6.51. The van der Waals surface area contributed by atoms with Gasteiger partial charge in [-0.15, -0.1) is 0 Å². The van der Waals surface area contributed by atoms with Crippen LogP contribution in [0.1, 0.15) is 0 Å². The maximum atomic E-state index is 6.44. The normalized spacial score (nSPS) is 12.3. The fraction of sp³-hybridized carbons (Fsp3) is 0. The van der Waals surface area contributed by atoms with E-state index in [9.17, 15) is 0 Å². The first-order valence-corrected chi connectivity index (χ1v) is 28.2. The van der Waals surface area contributed by atoms with Crippen molar-refractivity contribution in [2.75, 3.05) is 0 Å². The molecule has 0 saturated carbocycles. The van der Waals surface area contributed by atoms with Crippen molar-refractivity contribution in [3.05, 3.63) is 255 Å². The third-order valence-electron chi connectivity index (χ3n) is 17.2. The lowest BCUT2D eigenvalue weighted by molar-refractivity contribution is 0.669. The Balaban J connectivity index is 0.819. The van der Waals surface area contributed by atoms with E-state index in [2.05, 4.69) is 232 Å². The summed E-state index contributed by atoms with van der Waals surface area (Å²) >= 11 is 0. The van der Waals surface area contributed by atoms with Gasteiger partial charge in [-0.3, -0.25) is 0 Å². The summed E-state index contributed by atoms with van der Waals surface area (Å²) in [6.07, 6.45) is 0. The van der Waals surface area contributed by atoms with Crippen molar-refractivity contribution in [2.24, 2.45) is 0 Å². The Labute approximate surface area is 476 Å². The van der Waals surface area contributed by atoms with Gasteiger partial charge in [-0.2, -0.15) is 0 Å². The quantitative estimate of drug-likeness (QED) is 0.165. The van der Waals surface area contributed by atoms with Crippen LogP contribution in [0.5, 0.6) is 0 Å². The van der Waals surface area contributed by atoms with E-state index < -0.39 is 0 Å². The summed E-state index contributed by atoms with van der Waals surface area (Å²) in [6.45, 7) is 0. The van der Waals surface area contributed by atoms with Gasteiger partial charge in [0.2, 0.25) is 0 Å². The highest BCUT2D eigenvalue weighted by Crippen LogP contribution is 2.43. The minimum absolute atomic E-state index is 0.550. The molecule has 7 aromatic heterocycles. The topological polar surface area (TPSA) is 92.9 Å². The zero-order valence-electron chi connectivity index (χ0n) is 44.7. The summed E-state index contributed by atoms with van der Waals surface area (Å²) in [7, 11) is 0. The number of hydrogen-bond donors (Lipinski definition) is 0. The molecule has 9 nitrogen and oxygen atoms in total. The fourth-order valence-electron chi connectivity index (χ4n) is 13.5. The average molecular weight is 1080 g/mol. The standard InChI is InChI=1S/C75H42N6O3/c1-7-28-61-49(22-1)55-40-70-58(52-25-4-10-31-67(52)82-70)37-64(55)79(61)46-19-13-16-43(34-46)73-76-74(44-17-14-20-47(35-44)80-62-29-8-2-23-50(62)56-41-71-59(38-65(56)80)53-26-5-11-32-68(53)83-71)78-75(77-73)45-18-15-21-48(36-45)81-63-30-9-3-24-51(63)57-42-72-60(39-66(57)81)54-27-6-12-33-69(54)84-72/h1-42H. The Hall–Kier alpha value is -11.6. The highest BCUT2D eigenvalue weighted by Gasteiger charge is 2.22. The van der Waals surface area contributed by atoms with Gasteiger partial charge in [-0.25, -0.2) is 15.0 Å². The second kappa shape index (κ2) is 17.0. The van der Waals surface area contributed by atoms with Crippen molar-refractivity contribution >= 4 is 131 Å². The molecule has 84 heavy (non-hydrogen) atoms. The maximum absolute atomic E-state index is 6.44. The molecule has 0 aliphatic rings. The number of benzene rings is 12. The number of aromatic nitrogens is 6. The number of rotatable bonds is 6. The highest BCUT2D eigenvalue weighted by molar-refractivity contribution is 6.20. The second-order valence-corrected chi connectivity index (χ2v) is 21.9. The molecule has 0 bridgehead atoms. The molecule has 390 valence electrons. The van der Waals surface area contributed by atoms with E-state index >= 15 is 0 Å². The number of hydrogen-bond acceptors (Lipinski definition) is 6. The van der Waals surface area contributed by atoms with E-state index in [4.69, 9.17) is 28.2 Å². The van der Waals surface area contributed by atoms with Crippen molar-refractivity contribution in [1.29, 1.82) is 0 Å². The van der Waals surface area contributed by atoms with Gasteiger partial charge in [0.25, 0.3) is 0 Å². The largest absolute Gasteiger partial charge is 0.456 e. The van der Waals surface area contributed by atoms with Crippen LogP contribution in [0.15, 0.2) is 268 Å². The molecular weight excluding hydrogens is 1030 g/mol. The van der Waals surface area contributed by atoms with Gasteiger partial charge in [0, 0.05) is 98.4 Å². The molecule has 0 N–H and O–H groups in total. The summed E-state index contributed by atoms with van der Waals surface area (Å²) in [5.41, 5.74) is 17.2. The van der Waals surface area contributed by atoms with E-state index in [0.717, 1.165) is 165 Å². The lowest BCUT2D eigenvalue weighted by Crippen LogP contribution is -2.02. The molecule has 0 amide bonds. The zero-order valence-corrected chi connectivity index (χ0v) is 44.7. The summed E-state index contributed by atoms with van der Waals surface area (Å²) in [4.78, 5) is 16.4. The smallest absolute Gasteiger partial charge is 0.164 e. The molecule has 0 aliphatic carbocycles. The van der Waals surface area contributed by atoms with Crippen LogP contribution < -0.4 is 0 Å². The van der Waals surface area contributed by atoms with Crippen LogP contribution in [0.25, 0.3) is 182 Å². The molecule has 0 aliphatic heterocycles. The molecular formula is C75H42N6O3.